The molecule has 0 atom stereocenters. The molecule has 0 aliphatic heterocycles. The summed E-state index contributed by atoms with van der Waals surface area (Å²) in [5.41, 5.74) is 2.53. The van der Waals surface area contributed by atoms with E-state index in [1.165, 1.54) is 16.3 Å². The first-order valence-corrected chi connectivity index (χ1v) is 8.14. The standard InChI is InChI=1S/C22H21NO/c1-22(2,24)14-5-6-17-9-11-18(12-10-17)16-21-20-8-4-3-7-19(20)13-15-23-21/h3-4,7-13,15,24H,14,16H2,1-2H3. The fraction of sp³-hybridized carbons (Fsp3) is 0.227. The van der Waals surface area contributed by atoms with Crippen LogP contribution >= 0.6 is 0 Å². The quantitative estimate of drug-likeness (QED) is 0.729. The van der Waals surface area contributed by atoms with E-state index >= 15 is 0 Å². The lowest BCUT2D eigenvalue weighted by molar-refractivity contribution is 0.0862. The zero-order valence-electron chi connectivity index (χ0n) is 14.1. The second kappa shape index (κ2) is 6.86. The van der Waals surface area contributed by atoms with Crippen molar-refractivity contribution < 1.29 is 5.11 Å². The van der Waals surface area contributed by atoms with Crippen molar-refractivity contribution in [1.82, 2.24) is 4.98 Å². The zero-order valence-corrected chi connectivity index (χ0v) is 14.1. The number of pyridine rings is 1. The Hall–Kier alpha value is -2.63. The van der Waals surface area contributed by atoms with E-state index in [9.17, 15) is 5.11 Å². The maximum absolute atomic E-state index is 9.68. The van der Waals surface area contributed by atoms with Crippen LogP contribution in [0.15, 0.2) is 60.8 Å². The molecule has 0 fully saturated rings. The predicted molar refractivity (Wildman–Crippen MR) is 98.8 cm³/mol. The number of fused-ring (bicyclic) bond motifs is 1. The average Bonchev–Trinajstić information content (AvgIpc) is 2.56. The third-order valence-electron chi connectivity index (χ3n) is 3.84. The SMILES string of the molecule is CC(C)(O)CC#Cc1ccc(Cc2nccc3ccccc23)cc1. The van der Waals surface area contributed by atoms with E-state index in [1.54, 1.807) is 13.8 Å². The molecular weight excluding hydrogens is 294 g/mol. The van der Waals surface area contributed by atoms with Gasteiger partial charge in [0.1, 0.15) is 0 Å². The fourth-order valence-corrected chi connectivity index (χ4v) is 2.58. The van der Waals surface area contributed by atoms with E-state index in [-0.39, 0.29) is 0 Å². The minimum atomic E-state index is -0.743. The van der Waals surface area contributed by atoms with Gasteiger partial charge in [-0.3, -0.25) is 4.98 Å². The van der Waals surface area contributed by atoms with E-state index in [4.69, 9.17) is 0 Å². The van der Waals surface area contributed by atoms with E-state index in [1.807, 2.05) is 30.5 Å². The molecule has 0 radical (unpaired) electrons. The second-order valence-electron chi connectivity index (χ2n) is 6.64. The Morgan fingerprint density at radius 2 is 1.75 bits per heavy atom. The summed E-state index contributed by atoms with van der Waals surface area (Å²) in [4.78, 5) is 4.55. The summed E-state index contributed by atoms with van der Waals surface area (Å²) in [5.74, 6) is 6.12. The second-order valence-corrected chi connectivity index (χ2v) is 6.64. The van der Waals surface area contributed by atoms with E-state index < -0.39 is 5.60 Å². The van der Waals surface area contributed by atoms with Crippen molar-refractivity contribution in [2.45, 2.75) is 32.3 Å². The van der Waals surface area contributed by atoms with Gasteiger partial charge in [-0.2, -0.15) is 0 Å². The third kappa shape index (κ3) is 4.22. The van der Waals surface area contributed by atoms with Gasteiger partial charge in [-0.05, 0) is 43.0 Å². The summed E-state index contributed by atoms with van der Waals surface area (Å²) in [5, 5.41) is 12.1. The number of benzene rings is 2. The molecule has 1 heterocycles. The Kier molecular flexibility index (Phi) is 4.64. The number of aliphatic hydroxyl groups is 1. The van der Waals surface area contributed by atoms with Gasteiger partial charge in [0.2, 0.25) is 0 Å². The monoisotopic (exact) mass is 315 g/mol. The lowest BCUT2D eigenvalue weighted by Crippen LogP contribution is -2.16. The minimum Gasteiger partial charge on any atom is -0.389 e. The van der Waals surface area contributed by atoms with Gasteiger partial charge in [0.05, 0.1) is 11.3 Å². The van der Waals surface area contributed by atoms with Gasteiger partial charge in [0, 0.05) is 30.0 Å². The van der Waals surface area contributed by atoms with Crippen LogP contribution < -0.4 is 0 Å². The van der Waals surface area contributed by atoms with Crippen LogP contribution in [0.1, 0.15) is 37.1 Å². The highest BCUT2D eigenvalue weighted by molar-refractivity contribution is 5.84. The Balaban J connectivity index is 1.77. The summed E-state index contributed by atoms with van der Waals surface area (Å²) < 4.78 is 0. The van der Waals surface area contributed by atoms with Gasteiger partial charge < -0.3 is 5.11 Å². The molecule has 3 aromatic rings. The van der Waals surface area contributed by atoms with Crippen LogP contribution in [-0.4, -0.2) is 15.7 Å². The Bertz CT molecular complexity index is 888. The van der Waals surface area contributed by atoms with Crippen molar-refractivity contribution in [1.29, 1.82) is 0 Å². The summed E-state index contributed by atoms with van der Waals surface area (Å²) >= 11 is 0. The summed E-state index contributed by atoms with van der Waals surface area (Å²) in [7, 11) is 0. The summed E-state index contributed by atoms with van der Waals surface area (Å²) in [6.07, 6.45) is 3.14. The molecule has 120 valence electrons. The van der Waals surface area contributed by atoms with E-state index in [0.717, 1.165) is 17.7 Å². The summed E-state index contributed by atoms with van der Waals surface area (Å²) in [6.45, 7) is 3.53. The molecule has 0 saturated carbocycles. The normalized spacial score (nSPS) is 11.1. The zero-order chi connectivity index (χ0) is 17.0. The van der Waals surface area contributed by atoms with Gasteiger partial charge in [-0.15, -0.1) is 0 Å². The van der Waals surface area contributed by atoms with Crippen LogP contribution in [0.2, 0.25) is 0 Å². The molecule has 1 N–H and O–H groups in total. The highest BCUT2D eigenvalue weighted by Gasteiger charge is 2.09. The molecule has 1 aromatic heterocycles. The van der Waals surface area contributed by atoms with Gasteiger partial charge >= 0.3 is 0 Å². The van der Waals surface area contributed by atoms with Crippen LogP contribution in [0.5, 0.6) is 0 Å². The van der Waals surface area contributed by atoms with Crippen molar-refractivity contribution in [2.24, 2.45) is 0 Å². The lowest BCUT2D eigenvalue weighted by Gasteiger charge is -2.11. The molecule has 2 aromatic carbocycles. The maximum atomic E-state index is 9.68. The molecule has 0 aliphatic carbocycles. The fourth-order valence-electron chi connectivity index (χ4n) is 2.58. The van der Waals surface area contributed by atoms with Gasteiger partial charge in [-0.25, -0.2) is 0 Å². The Morgan fingerprint density at radius 1 is 1.00 bits per heavy atom. The van der Waals surface area contributed by atoms with Crippen molar-refractivity contribution in [3.63, 3.8) is 0 Å². The van der Waals surface area contributed by atoms with Crippen LogP contribution in [0, 0.1) is 11.8 Å². The molecule has 24 heavy (non-hydrogen) atoms. The molecule has 2 nitrogen and oxygen atoms in total. The minimum absolute atomic E-state index is 0.467. The highest BCUT2D eigenvalue weighted by atomic mass is 16.3. The molecule has 0 unspecified atom stereocenters. The van der Waals surface area contributed by atoms with Gasteiger partial charge in [-0.1, -0.05) is 48.2 Å². The van der Waals surface area contributed by atoms with Crippen molar-refractivity contribution >= 4 is 10.8 Å². The topological polar surface area (TPSA) is 33.1 Å². The molecule has 0 aliphatic rings. The smallest absolute Gasteiger partial charge is 0.0700 e. The first kappa shape index (κ1) is 16.2. The van der Waals surface area contributed by atoms with Gasteiger partial charge in [0.15, 0.2) is 0 Å². The number of hydrogen-bond acceptors (Lipinski definition) is 2. The summed E-state index contributed by atoms with van der Waals surface area (Å²) in [6, 6.07) is 18.6. The highest BCUT2D eigenvalue weighted by Crippen LogP contribution is 2.19. The van der Waals surface area contributed by atoms with Crippen LogP contribution in [-0.2, 0) is 6.42 Å². The first-order chi connectivity index (χ1) is 11.5. The lowest BCUT2D eigenvalue weighted by atomic mass is 10.0. The number of nitrogens with zero attached hydrogens (tertiary/aromatic N) is 1. The van der Waals surface area contributed by atoms with Gasteiger partial charge in [0.25, 0.3) is 0 Å². The maximum Gasteiger partial charge on any atom is 0.0700 e. The van der Waals surface area contributed by atoms with Crippen molar-refractivity contribution in [2.75, 3.05) is 0 Å². The Labute approximate surface area is 143 Å². The largest absolute Gasteiger partial charge is 0.389 e. The average molecular weight is 315 g/mol. The first-order valence-electron chi connectivity index (χ1n) is 8.14. The van der Waals surface area contributed by atoms with E-state index in [0.29, 0.717) is 6.42 Å². The number of rotatable bonds is 3. The molecule has 0 amide bonds. The number of aromatic nitrogens is 1. The molecule has 3 rings (SSSR count). The third-order valence-corrected chi connectivity index (χ3v) is 3.84. The van der Waals surface area contributed by atoms with Crippen molar-refractivity contribution in [3.05, 3.63) is 77.6 Å². The van der Waals surface area contributed by atoms with E-state index in [2.05, 4.69) is 47.2 Å². The number of hydrogen-bond donors (Lipinski definition) is 1. The Morgan fingerprint density at radius 3 is 2.50 bits per heavy atom. The molecular formula is C22H21NO. The van der Waals surface area contributed by atoms with Crippen molar-refractivity contribution in [3.8, 4) is 11.8 Å². The molecule has 0 bridgehead atoms. The molecule has 0 spiro atoms. The predicted octanol–water partition coefficient (Wildman–Crippen LogP) is 4.34. The van der Waals surface area contributed by atoms with Crippen LogP contribution in [0.25, 0.3) is 10.8 Å². The van der Waals surface area contributed by atoms with Crippen LogP contribution in [0.3, 0.4) is 0 Å². The van der Waals surface area contributed by atoms with Crippen LogP contribution in [0.4, 0.5) is 0 Å². The molecule has 0 saturated heterocycles. The molecule has 2 heteroatoms.